The Hall–Kier alpha value is -0.580. The molecule has 1 atom stereocenters. The van der Waals surface area contributed by atoms with Crippen LogP contribution in [0.2, 0.25) is 0 Å². The molecule has 1 N–H and O–H groups in total. The van der Waals surface area contributed by atoms with E-state index >= 15 is 0 Å². The molecular weight excluding hydrogens is 204 g/mol. The quantitative estimate of drug-likeness (QED) is 0.662. The summed E-state index contributed by atoms with van der Waals surface area (Å²) in [7, 11) is -3.21. The molecule has 0 rings (SSSR count). The first-order chi connectivity index (χ1) is 6.40. The first-order valence-corrected chi connectivity index (χ1v) is 6.55. The van der Waals surface area contributed by atoms with Crippen molar-refractivity contribution in [2.45, 2.75) is 44.8 Å². The van der Waals surface area contributed by atoms with E-state index in [4.69, 9.17) is 5.11 Å². The summed E-state index contributed by atoms with van der Waals surface area (Å²) in [6.07, 6.45) is 2.17. The number of carboxylic acid groups (broad SMARTS) is 1. The summed E-state index contributed by atoms with van der Waals surface area (Å²) in [5.74, 6) is -0.952. The second kappa shape index (κ2) is 6.01. The van der Waals surface area contributed by atoms with Gasteiger partial charge >= 0.3 is 5.97 Å². The molecule has 0 radical (unpaired) electrons. The largest absolute Gasteiger partial charge is 0.481 e. The van der Waals surface area contributed by atoms with E-state index in [2.05, 4.69) is 0 Å². The highest BCUT2D eigenvalue weighted by Crippen LogP contribution is 2.09. The number of sulfone groups is 1. The van der Waals surface area contributed by atoms with Gasteiger partial charge in [0.1, 0.15) is 0 Å². The van der Waals surface area contributed by atoms with Crippen molar-refractivity contribution in [3.05, 3.63) is 0 Å². The summed E-state index contributed by atoms with van der Waals surface area (Å²) in [6.45, 7) is 3.45. The predicted molar refractivity (Wildman–Crippen MR) is 55.0 cm³/mol. The van der Waals surface area contributed by atoms with Gasteiger partial charge in [0.2, 0.25) is 0 Å². The minimum atomic E-state index is -3.21. The Morgan fingerprint density at radius 3 is 2.36 bits per heavy atom. The lowest BCUT2D eigenvalue weighted by Crippen LogP contribution is -2.23. The normalized spacial score (nSPS) is 13.9. The highest BCUT2D eigenvalue weighted by Gasteiger charge is 2.22. The van der Waals surface area contributed by atoms with Crippen LogP contribution >= 0.6 is 0 Å². The third-order valence-corrected chi connectivity index (χ3v) is 4.36. The predicted octanol–water partition coefficient (Wildman–Crippen LogP) is 1.45. The number of carbonyl (C=O) groups is 1. The van der Waals surface area contributed by atoms with Crippen LogP contribution in [0.1, 0.15) is 39.5 Å². The number of unbranched alkanes of at least 4 members (excludes halogenated alkanes) is 2. The monoisotopic (exact) mass is 222 g/mol. The van der Waals surface area contributed by atoms with Crippen molar-refractivity contribution in [1.29, 1.82) is 0 Å². The molecule has 0 saturated carbocycles. The van der Waals surface area contributed by atoms with Gasteiger partial charge < -0.3 is 5.11 Å². The molecule has 0 saturated heterocycles. The highest BCUT2D eigenvalue weighted by atomic mass is 32.2. The van der Waals surface area contributed by atoms with Crippen LogP contribution in [-0.4, -0.2) is 30.5 Å². The topological polar surface area (TPSA) is 71.4 Å². The molecule has 0 aliphatic heterocycles. The van der Waals surface area contributed by atoms with Gasteiger partial charge in [0.15, 0.2) is 9.84 Å². The Bertz CT molecular complexity index is 269. The van der Waals surface area contributed by atoms with E-state index in [1.807, 2.05) is 6.92 Å². The molecule has 0 aromatic heterocycles. The Morgan fingerprint density at radius 2 is 1.93 bits per heavy atom. The Morgan fingerprint density at radius 1 is 1.36 bits per heavy atom. The molecule has 0 aromatic rings. The molecule has 0 aromatic carbocycles. The maximum Gasteiger partial charge on any atom is 0.304 e. The fourth-order valence-electron chi connectivity index (χ4n) is 1.13. The fraction of sp³-hybridized carbons (Fsp3) is 0.889. The first kappa shape index (κ1) is 13.4. The van der Waals surface area contributed by atoms with Gasteiger partial charge in [-0.25, -0.2) is 8.42 Å². The maximum atomic E-state index is 11.5. The molecule has 0 aliphatic rings. The summed E-state index contributed by atoms with van der Waals surface area (Å²) in [5, 5.41) is 7.69. The van der Waals surface area contributed by atoms with Gasteiger partial charge in [-0.3, -0.25) is 4.79 Å². The van der Waals surface area contributed by atoms with Crippen LogP contribution in [0.3, 0.4) is 0 Å². The molecule has 0 spiro atoms. The summed E-state index contributed by atoms with van der Waals surface area (Å²) >= 11 is 0. The maximum absolute atomic E-state index is 11.5. The first-order valence-electron chi connectivity index (χ1n) is 4.83. The van der Waals surface area contributed by atoms with Crippen LogP contribution in [0.5, 0.6) is 0 Å². The molecule has 0 aliphatic carbocycles. The number of hydrogen-bond donors (Lipinski definition) is 1. The van der Waals surface area contributed by atoms with E-state index in [0.29, 0.717) is 6.42 Å². The minimum absolute atomic E-state index is 0.106. The van der Waals surface area contributed by atoms with E-state index in [1.165, 1.54) is 6.92 Å². The van der Waals surface area contributed by atoms with E-state index in [0.717, 1.165) is 12.8 Å². The number of aliphatic carboxylic acids is 1. The lowest BCUT2D eigenvalue weighted by molar-refractivity contribution is -0.136. The lowest BCUT2D eigenvalue weighted by Gasteiger charge is -2.09. The molecule has 0 fully saturated rings. The zero-order valence-corrected chi connectivity index (χ0v) is 9.51. The zero-order valence-electron chi connectivity index (χ0n) is 8.69. The molecule has 0 amide bonds. The van der Waals surface area contributed by atoms with Crippen molar-refractivity contribution in [3.63, 3.8) is 0 Å². The fourth-order valence-corrected chi connectivity index (χ4v) is 2.53. The smallest absolute Gasteiger partial charge is 0.304 e. The van der Waals surface area contributed by atoms with E-state index < -0.39 is 21.1 Å². The Labute approximate surface area is 85.2 Å². The number of carboxylic acids is 1. The van der Waals surface area contributed by atoms with Crippen molar-refractivity contribution in [1.82, 2.24) is 0 Å². The van der Waals surface area contributed by atoms with Crippen molar-refractivity contribution in [2.75, 3.05) is 5.75 Å². The van der Waals surface area contributed by atoms with E-state index in [1.54, 1.807) is 0 Å². The highest BCUT2D eigenvalue weighted by molar-refractivity contribution is 7.92. The van der Waals surface area contributed by atoms with Gasteiger partial charge in [0.05, 0.1) is 17.4 Å². The summed E-state index contributed by atoms with van der Waals surface area (Å²) in [5.41, 5.74) is 0. The van der Waals surface area contributed by atoms with Gasteiger partial charge in [0.25, 0.3) is 0 Å². The Balaban J connectivity index is 4.10. The van der Waals surface area contributed by atoms with Gasteiger partial charge in [-0.1, -0.05) is 19.8 Å². The second-order valence-electron chi connectivity index (χ2n) is 3.48. The van der Waals surface area contributed by atoms with Crippen molar-refractivity contribution in [2.24, 2.45) is 0 Å². The lowest BCUT2D eigenvalue weighted by atomic mass is 10.3. The van der Waals surface area contributed by atoms with Crippen LogP contribution in [0.25, 0.3) is 0 Å². The third-order valence-electron chi connectivity index (χ3n) is 2.11. The van der Waals surface area contributed by atoms with Gasteiger partial charge in [-0.15, -0.1) is 0 Å². The van der Waals surface area contributed by atoms with E-state index in [-0.39, 0.29) is 12.2 Å². The van der Waals surface area contributed by atoms with Gasteiger partial charge in [0, 0.05) is 0 Å². The third kappa shape index (κ3) is 5.21. The van der Waals surface area contributed by atoms with Gasteiger partial charge in [-0.2, -0.15) is 0 Å². The molecule has 84 valence electrons. The van der Waals surface area contributed by atoms with Crippen molar-refractivity contribution in [3.8, 4) is 0 Å². The SMILES string of the molecule is CCCCCS(=O)(=O)C(C)CC(=O)O. The minimum Gasteiger partial charge on any atom is -0.481 e. The molecular formula is C9H18O4S. The van der Waals surface area contributed by atoms with Crippen LogP contribution < -0.4 is 0 Å². The number of hydrogen-bond acceptors (Lipinski definition) is 3. The van der Waals surface area contributed by atoms with Gasteiger partial charge in [-0.05, 0) is 13.3 Å². The molecule has 5 heteroatoms. The van der Waals surface area contributed by atoms with E-state index in [9.17, 15) is 13.2 Å². The van der Waals surface area contributed by atoms with Crippen molar-refractivity contribution >= 4 is 15.8 Å². The van der Waals surface area contributed by atoms with Crippen LogP contribution in [0.4, 0.5) is 0 Å². The standard InChI is InChI=1S/C9H18O4S/c1-3-4-5-6-14(12,13)8(2)7-9(10)11/h8H,3-7H2,1-2H3,(H,10,11). The average Bonchev–Trinajstić information content (AvgIpc) is 2.03. The summed E-state index contributed by atoms with van der Waals surface area (Å²) in [4.78, 5) is 10.3. The summed E-state index contributed by atoms with van der Waals surface area (Å²) < 4.78 is 23.0. The molecule has 0 heterocycles. The van der Waals surface area contributed by atoms with Crippen LogP contribution in [-0.2, 0) is 14.6 Å². The van der Waals surface area contributed by atoms with Crippen LogP contribution in [0, 0.1) is 0 Å². The van der Waals surface area contributed by atoms with Crippen molar-refractivity contribution < 1.29 is 18.3 Å². The zero-order chi connectivity index (χ0) is 11.2. The Kier molecular flexibility index (Phi) is 5.76. The number of rotatable bonds is 7. The summed E-state index contributed by atoms with van der Waals surface area (Å²) in [6, 6.07) is 0. The second-order valence-corrected chi connectivity index (χ2v) is 6.02. The molecule has 14 heavy (non-hydrogen) atoms. The molecule has 0 bridgehead atoms. The average molecular weight is 222 g/mol. The van der Waals surface area contributed by atoms with Crippen LogP contribution in [0.15, 0.2) is 0 Å². The molecule has 4 nitrogen and oxygen atoms in total. The molecule has 1 unspecified atom stereocenters.